The Kier molecular flexibility index (Phi) is 5.21. The Hall–Kier alpha value is -1.85. The first-order valence-corrected chi connectivity index (χ1v) is 7.98. The van der Waals surface area contributed by atoms with Crippen LogP contribution in [0.15, 0.2) is 11.8 Å². The molecule has 0 radical (unpaired) electrons. The molecule has 6 nitrogen and oxygen atoms in total. The Morgan fingerprint density at radius 1 is 1.23 bits per heavy atom. The van der Waals surface area contributed by atoms with E-state index in [1.54, 1.807) is 7.11 Å². The summed E-state index contributed by atoms with van der Waals surface area (Å²) in [6.45, 7) is 9.16. The molecule has 6 heteroatoms. The first-order chi connectivity index (χ1) is 10.4. The number of hydrogen-bond acceptors (Lipinski definition) is 6. The molecule has 1 N–H and O–H groups in total. The number of rotatable bonds is 5. The van der Waals surface area contributed by atoms with Gasteiger partial charge in [0, 0.05) is 17.8 Å². The maximum absolute atomic E-state index is 5.24. The van der Waals surface area contributed by atoms with Gasteiger partial charge < -0.3 is 15.0 Å². The van der Waals surface area contributed by atoms with Crippen LogP contribution in [0.4, 0.5) is 11.9 Å². The smallest absolute Gasteiger partial charge is 0.322 e. The molecule has 1 aromatic rings. The van der Waals surface area contributed by atoms with Crippen molar-refractivity contribution in [3.63, 3.8) is 0 Å². The Bertz CT molecular complexity index is 536. The summed E-state index contributed by atoms with van der Waals surface area (Å²) in [5.41, 5.74) is 1.17. The molecule has 0 spiro atoms. The van der Waals surface area contributed by atoms with Crippen LogP contribution in [0.5, 0.6) is 6.01 Å². The number of nitrogens with one attached hydrogen (secondary N) is 1. The third kappa shape index (κ3) is 4.32. The van der Waals surface area contributed by atoms with Crippen LogP contribution in [-0.4, -0.2) is 34.1 Å². The van der Waals surface area contributed by atoms with Gasteiger partial charge in [-0.3, -0.25) is 0 Å². The molecule has 0 bridgehead atoms. The molecule has 0 saturated carbocycles. The molecule has 1 heterocycles. The fraction of sp³-hybridized carbons (Fsp3) is 0.688. The van der Waals surface area contributed by atoms with E-state index in [0.717, 1.165) is 19.4 Å². The molecule has 1 aliphatic carbocycles. The molecule has 0 aromatic carbocycles. The molecule has 0 amide bonds. The molecule has 122 valence electrons. The minimum atomic E-state index is -0.120. The second-order valence-electron chi connectivity index (χ2n) is 6.51. The first-order valence-electron chi connectivity index (χ1n) is 7.98. The maximum Gasteiger partial charge on any atom is 0.322 e. The number of ether oxygens (including phenoxy) is 1. The molecule has 22 heavy (non-hydrogen) atoms. The number of methoxy groups -OCH3 is 1. The molecule has 0 unspecified atom stereocenters. The van der Waals surface area contributed by atoms with Gasteiger partial charge in [-0.05, 0) is 53.4 Å². The summed E-state index contributed by atoms with van der Waals surface area (Å²) < 4.78 is 5.24. The van der Waals surface area contributed by atoms with Gasteiger partial charge in [0.05, 0.1) is 7.11 Å². The van der Waals surface area contributed by atoms with E-state index in [1.165, 1.54) is 18.5 Å². The highest BCUT2D eigenvalue weighted by Crippen LogP contribution is 2.26. The van der Waals surface area contributed by atoms with Crippen molar-refractivity contribution < 1.29 is 4.74 Å². The van der Waals surface area contributed by atoms with E-state index in [2.05, 4.69) is 58.9 Å². The number of aromatic nitrogens is 3. The summed E-state index contributed by atoms with van der Waals surface area (Å²) in [7, 11) is 1.58. The van der Waals surface area contributed by atoms with Crippen LogP contribution in [0.25, 0.3) is 0 Å². The number of allylic oxidation sites excluding steroid dienone is 2. The van der Waals surface area contributed by atoms with Crippen molar-refractivity contribution in [2.24, 2.45) is 0 Å². The fourth-order valence-corrected chi connectivity index (χ4v) is 2.49. The van der Waals surface area contributed by atoms with E-state index < -0.39 is 0 Å². The SMILES string of the molecule is CCN(C1=CCCCC1)c1nc(NC(C)(C)C)nc(OC)n1. The van der Waals surface area contributed by atoms with Crippen LogP contribution in [0.1, 0.15) is 53.4 Å². The molecular weight excluding hydrogens is 278 g/mol. The average molecular weight is 305 g/mol. The van der Waals surface area contributed by atoms with Gasteiger partial charge in [-0.2, -0.15) is 15.0 Å². The van der Waals surface area contributed by atoms with Crippen molar-refractivity contribution in [2.75, 3.05) is 23.9 Å². The summed E-state index contributed by atoms with van der Waals surface area (Å²) in [6, 6.07) is 0.339. The van der Waals surface area contributed by atoms with Gasteiger partial charge >= 0.3 is 6.01 Å². The van der Waals surface area contributed by atoms with Crippen molar-refractivity contribution in [1.29, 1.82) is 0 Å². The minimum absolute atomic E-state index is 0.120. The van der Waals surface area contributed by atoms with E-state index >= 15 is 0 Å². The van der Waals surface area contributed by atoms with E-state index in [9.17, 15) is 0 Å². The minimum Gasteiger partial charge on any atom is -0.467 e. The van der Waals surface area contributed by atoms with Crippen molar-refractivity contribution >= 4 is 11.9 Å². The Labute approximate surface area is 133 Å². The van der Waals surface area contributed by atoms with Gasteiger partial charge in [-0.15, -0.1) is 0 Å². The highest BCUT2D eigenvalue weighted by Gasteiger charge is 2.19. The fourth-order valence-electron chi connectivity index (χ4n) is 2.49. The molecule has 1 aromatic heterocycles. The Balaban J connectivity index is 2.35. The first kappa shape index (κ1) is 16.5. The van der Waals surface area contributed by atoms with E-state index in [1.807, 2.05) is 0 Å². The van der Waals surface area contributed by atoms with Crippen LogP contribution >= 0.6 is 0 Å². The molecule has 0 saturated heterocycles. The monoisotopic (exact) mass is 305 g/mol. The van der Waals surface area contributed by atoms with Crippen molar-refractivity contribution in [3.8, 4) is 6.01 Å². The zero-order valence-corrected chi connectivity index (χ0v) is 14.3. The molecule has 1 aliphatic rings. The second-order valence-corrected chi connectivity index (χ2v) is 6.51. The average Bonchev–Trinajstić information content (AvgIpc) is 2.47. The highest BCUT2D eigenvalue weighted by molar-refractivity contribution is 5.45. The predicted octanol–water partition coefficient (Wildman–Crippen LogP) is 3.37. The summed E-state index contributed by atoms with van der Waals surface area (Å²) in [6.07, 6.45) is 6.97. The lowest BCUT2D eigenvalue weighted by Gasteiger charge is -2.27. The maximum atomic E-state index is 5.24. The largest absolute Gasteiger partial charge is 0.467 e. The quantitative estimate of drug-likeness (QED) is 0.900. The van der Waals surface area contributed by atoms with Crippen LogP contribution in [0.3, 0.4) is 0 Å². The van der Waals surface area contributed by atoms with Crippen LogP contribution in [0, 0.1) is 0 Å². The molecular formula is C16H27N5O. The second kappa shape index (κ2) is 6.94. The summed E-state index contributed by atoms with van der Waals surface area (Å²) in [5, 5.41) is 3.29. The summed E-state index contributed by atoms with van der Waals surface area (Å²) in [4.78, 5) is 15.5. The number of anilines is 2. The third-order valence-corrected chi connectivity index (χ3v) is 3.44. The van der Waals surface area contributed by atoms with Crippen molar-refractivity contribution in [2.45, 2.75) is 58.9 Å². The topological polar surface area (TPSA) is 63.2 Å². The lowest BCUT2D eigenvalue weighted by molar-refractivity contribution is 0.378. The zero-order valence-electron chi connectivity index (χ0n) is 14.3. The van der Waals surface area contributed by atoms with Gasteiger partial charge in [0.15, 0.2) is 0 Å². The zero-order chi connectivity index (χ0) is 16.2. The standard InChI is InChI=1S/C16H27N5O/c1-6-21(12-10-8-7-9-11-12)14-17-13(20-16(2,3)4)18-15(19-14)22-5/h10H,6-9,11H2,1-5H3,(H,17,18,19,20). The van der Waals surface area contributed by atoms with Crippen LogP contribution in [0.2, 0.25) is 0 Å². The summed E-state index contributed by atoms with van der Waals surface area (Å²) in [5.74, 6) is 1.19. The number of nitrogens with zero attached hydrogens (tertiary/aromatic N) is 4. The van der Waals surface area contributed by atoms with Crippen molar-refractivity contribution in [1.82, 2.24) is 15.0 Å². The lowest BCUT2D eigenvalue weighted by Crippen LogP contribution is -2.29. The van der Waals surface area contributed by atoms with Crippen molar-refractivity contribution in [3.05, 3.63) is 11.8 Å². The number of hydrogen-bond donors (Lipinski definition) is 1. The predicted molar refractivity (Wildman–Crippen MR) is 89.3 cm³/mol. The third-order valence-electron chi connectivity index (χ3n) is 3.44. The Morgan fingerprint density at radius 3 is 2.55 bits per heavy atom. The molecule has 2 rings (SSSR count). The van der Waals surface area contributed by atoms with Crippen LogP contribution < -0.4 is 15.0 Å². The van der Waals surface area contributed by atoms with E-state index in [0.29, 0.717) is 17.9 Å². The van der Waals surface area contributed by atoms with Gasteiger partial charge in [0.2, 0.25) is 11.9 Å². The highest BCUT2D eigenvalue weighted by atomic mass is 16.5. The molecule has 0 fully saturated rings. The van der Waals surface area contributed by atoms with Gasteiger partial charge in [0.25, 0.3) is 0 Å². The normalized spacial score (nSPS) is 15.2. The van der Waals surface area contributed by atoms with Crippen LogP contribution in [-0.2, 0) is 0 Å². The summed E-state index contributed by atoms with van der Waals surface area (Å²) >= 11 is 0. The van der Waals surface area contributed by atoms with Gasteiger partial charge in [0.1, 0.15) is 0 Å². The van der Waals surface area contributed by atoms with Gasteiger partial charge in [-0.1, -0.05) is 6.08 Å². The lowest BCUT2D eigenvalue weighted by atomic mass is 10.0. The van der Waals surface area contributed by atoms with E-state index in [4.69, 9.17) is 4.74 Å². The Morgan fingerprint density at radius 2 is 2.00 bits per heavy atom. The molecule has 0 atom stereocenters. The molecule has 0 aliphatic heterocycles. The van der Waals surface area contributed by atoms with Gasteiger partial charge in [-0.25, -0.2) is 0 Å². The van der Waals surface area contributed by atoms with E-state index in [-0.39, 0.29) is 5.54 Å².